The van der Waals surface area contributed by atoms with E-state index in [1.165, 1.54) is 11.1 Å². The minimum atomic E-state index is -0.837. The van der Waals surface area contributed by atoms with Gasteiger partial charge in [-0.15, -0.1) is 0 Å². The number of ether oxygens (including phenoxy) is 1. The Kier molecular flexibility index (Phi) is 9.90. The van der Waals surface area contributed by atoms with E-state index in [0.717, 1.165) is 69.3 Å². The maximum Gasteiger partial charge on any atom is 0.309 e. The van der Waals surface area contributed by atoms with Crippen LogP contribution >= 0.6 is 0 Å². The van der Waals surface area contributed by atoms with Gasteiger partial charge in [-0.2, -0.15) is 0 Å². The van der Waals surface area contributed by atoms with Gasteiger partial charge in [-0.3, -0.25) is 19.3 Å². The minimum Gasteiger partial charge on any atom is -0.481 e. The number of carbonyl (C=O) groups is 3. The summed E-state index contributed by atoms with van der Waals surface area (Å²) in [6.45, 7) is 13.9. The molecule has 8 heteroatoms. The number of carbonyl (C=O) groups excluding carboxylic acids is 2. The fourth-order valence-electron chi connectivity index (χ4n) is 8.16. The Hall–Kier alpha value is -2.71. The zero-order chi connectivity index (χ0) is 31.6. The highest BCUT2D eigenvalue weighted by Gasteiger charge is 2.56. The molecule has 242 valence electrons. The number of rotatable bonds is 13. The number of unbranched alkanes of at least 4 members (excludes halogenated alkanes) is 2. The van der Waals surface area contributed by atoms with E-state index in [-0.39, 0.29) is 29.9 Å². The standard InChI is InChI=1S/C36H53N3O5/c1-6-8-16-37(17-9-7-2)32(41)24-38-23-29(26-12-14-36(5)28(21-26)13-19-44-36)33(34(42)43)35(38,4)15-18-39-30-11-10-25(3)20-27(30)22-31(39)40/h10-12,21,25,29,33H,6-9,13-20,22-24H2,1-5H3,(H,42,43)/t25?,29-,33+,35?,36?/m1/s1. The summed E-state index contributed by atoms with van der Waals surface area (Å²) < 4.78 is 6.05. The van der Waals surface area contributed by atoms with Gasteiger partial charge < -0.3 is 19.6 Å². The topological polar surface area (TPSA) is 90.4 Å². The van der Waals surface area contributed by atoms with Crippen molar-refractivity contribution in [1.82, 2.24) is 14.7 Å². The van der Waals surface area contributed by atoms with Gasteiger partial charge >= 0.3 is 5.97 Å². The lowest BCUT2D eigenvalue weighted by Gasteiger charge is -2.40. The van der Waals surface area contributed by atoms with Gasteiger partial charge in [-0.25, -0.2) is 0 Å². The van der Waals surface area contributed by atoms with Gasteiger partial charge in [0, 0.05) is 43.3 Å². The van der Waals surface area contributed by atoms with Crippen LogP contribution in [0, 0.1) is 17.8 Å². The van der Waals surface area contributed by atoms with E-state index in [1.807, 2.05) is 16.7 Å². The third-order valence-corrected chi connectivity index (χ3v) is 11.0. The first kappa shape index (κ1) is 32.7. The second-order valence-corrected chi connectivity index (χ2v) is 14.2. The van der Waals surface area contributed by atoms with Gasteiger partial charge in [-0.05, 0) is 81.1 Å². The summed E-state index contributed by atoms with van der Waals surface area (Å²) >= 11 is 0. The molecule has 2 amide bonds. The Morgan fingerprint density at radius 3 is 2.57 bits per heavy atom. The maximum atomic E-state index is 13.9. The first-order chi connectivity index (χ1) is 21.0. The van der Waals surface area contributed by atoms with Crippen molar-refractivity contribution >= 4 is 17.8 Å². The van der Waals surface area contributed by atoms with E-state index in [9.17, 15) is 19.5 Å². The molecule has 5 atom stereocenters. The number of hydrogen-bond acceptors (Lipinski definition) is 5. The van der Waals surface area contributed by atoms with Gasteiger partial charge in [-0.1, -0.05) is 51.8 Å². The normalized spacial score (nSPS) is 31.7. The molecule has 0 aromatic carbocycles. The number of nitrogens with zero attached hydrogens (tertiary/aromatic N) is 3. The van der Waals surface area contributed by atoms with Crippen molar-refractivity contribution < 1.29 is 24.2 Å². The zero-order valence-corrected chi connectivity index (χ0v) is 27.6. The first-order valence-corrected chi connectivity index (χ1v) is 17.0. The van der Waals surface area contributed by atoms with Crippen molar-refractivity contribution in [3.63, 3.8) is 0 Å². The second kappa shape index (κ2) is 13.3. The Labute approximate surface area is 263 Å². The molecule has 2 fully saturated rings. The molecule has 5 rings (SSSR count). The van der Waals surface area contributed by atoms with Crippen molar-refractivity contribution in [2.45, 2.75) is 104 Å². The summed E-state index contributed by atoms with van der Waals surface area (Å²) in [6, 6.07) is 0. The molecule has 0 bridgehead atoms. The molecular weight excluding hydrogens is 554 g/mol. The smallest absolute Gasteiger partial charge is 0.309 e. The average molecular weight is 608 g/mol. The number of allylic oxidation sites excluding steroid dienone is 3. The molecule has 0 aromatic heterocycles. The summed E-state index contributed by atoms with van der Waals surface area (Å²) in [5, 5.41) is 10.8. The molecule has 3 aliphatic heterocycles. The Morgan fingerprint density at radius 1 is 1.16 bits per heavy atom. The van der Waals surface area contributed by atoms with Crippen molar-refractivity contribution in [3.8, 4) is 0 Å². The molecule has 0 saturated carbocycles. The molecule has 1 N–H and O–H groups in total. The molecule has 0 aromatic rings. The fourth-order valence-corrected chi connectivity index (χ4v) is 8.16. The SMILES string of the molecule is CCCCN(CCCC)C(=O)CN1C[C@H](C2=CCC3(C)OCCC3=C2)[C@@H](C(=O)O)C1(C)CCN1C(=O)CC2=C1C=CC(C)C2. The second-order valence-electron chi connectivity index (χ2n) is 14.2. The Bertz CT molecular complexity index is 1260. The van der Waals surface area contributed by atoms with Gasteiger partial charge in [0.25, 0.3) is 0 Å². The van der Waals surface area contributed by atoms with Gasteiger partial charge in [0.1, 0.15) is 0 Å². The van der Waals surface area contributed by atoms with Crippen molar-refractivity contribution in [1.29, 1.82) is 0 Å². The van der Waals surface area contributed by atoms with E-state index in [4.69, 9.17) is 4.74 Å². The first-order valence-electron chi connectivity index (χ1n) is 17.0. The summed E-state index contributed by atoms with van der Waals surface area (Å²) in [6.07, 6.45) is 15.9. The molecule has 2 aliphatic carbocycles. The number of carboxylic acid groups (broad SMARTS) is 1. The van der Waals surface area contributed by atoms with Crippen LogP contribution in [0.4, 0.5) is 0 Å². The van der Waals surface area contributed by atoms with E-state index in [1.54, 1.807) is 0 Å². The van der Waals surface area contributed by atoms with Gasteiger partial charge in [0.2, 0.25) is 11.8 Å². The predicted octanol–water partition coefficient (Wildman–Crippen LogP) is 5.71. The molecule has 0 spiro atoms. The van der Waals surface area contributed by atoms with Crippen molar-refractivity contribution in [2.24, 2.45) is 17.8 Å². The monoisotopic (exact) mass is 607 g/mol. The van der Waals surface area contributed by atoms with Crippen LogP contribution in [0.5, 0.6) is 0 Å². The molecule has 3 unspecified atom stereocenters. The summed E-state index contributed by atoms with van der Waals surface area (Å²) in [7, 11) is 0. The summed E-state index contributed by atoms with van der Waals surface area (Å²) in [4.78, 5) is 46.3. The molecule has 5 aliphatic rings. The number of fused-ring (bicyclic) bond motifs is 1. The van der Waals surface area contributed by atoms with Crippen LogP contribution in [0.25, 0.3) is 0 Å². The Balaban J connectivity index is 1.44. The highest BCUT2D eigenvalue weighted by Crippen LogP contribution is 2.48. The van der Waals surface area contributed by atoms with E-state index < -0.39 is 17.4 Å². The molecule has 44 heavy (non-hydrogen) atoms. The predicted molar refractivity (Wildman–Crippen MR) is 172 cm³/mol. The number of carboxylic acids is 1. The molecule has 0 radical (unpaired) electrons. The summed E-state index contributed by atoms with van der Waals surface area (Å²) in [5.74, 6) is -1.22. The number of aliphatic carboxylic acids is 1. The van der Waals surface area contributed by atoms with Crippen LogP contribution in [0.3, 0.4) is 0 Å². The van der Waals surface area contributed by atoms with Crippen molar-refractivity contribution in [2.75, 3.05) is 39.3 Å². The largest absolute Gasteiger partial charge is 0.481 e. The van der Waals surface area contributed by atoms with Gasteiger partial charge in [0.05, 0.1) is 31.1 Å². The van der Waals surface area contributed by atoms with Crippen molar-refractivity contribution in [3.05, 3.63) is 46.7 Å². The lowest BCUT2D eigenvalue weighted by molar-refractivity contribution is -0.147. The number of hydrogen-bond donors (Lipinski definition) is 1. The maximum absolute atomic E-state index is 13.9. The zero-order valence-electron chi connectivity index (χ0n) is 27.6. The number of amides is 2. The lowest BCUT2D eigenvalue weighted by Crippen LogP contribution is -2.53. The summed E-state index contributed by atoms with van der Waals surface area (Å²) in [5.41, 5.74) is 3.36. The average Bonchev–Trinajstić information content (AvgIpc) is 3.61. The van der Waals surface area contributed by atoms with Crippen LogP contribution in [-0.2, 0) is 19.1 Å². The highest BCUT2D eigenvalue weighted by atomic mass is 16.5. The van der Waals surface area contributed by atoms with Crippen LogP contribution in [0.15, 0.2) is 46.7 Å². The third kappa shape index (κ3) is 6.34. The molecule has 3 heterocycles. The van der Waals surface area contributed by atoms with Gasteiger partial charge in [0.15, 0.2) is 0 Å². The molecule has 8 nitrogen and oxygen atoms in total. The van der Waals surface area contributed by atoms with Crippen LogP contribution in [-0.4, -0.2) is 88.1 Å². The molecule has 2 saturated heterocycles. The van der Waals surface area contributed by atoms with Crippen LogP contribution < -0.4 is 0 Å². The van der Waals surface area contributed by atoms with Crippen LogP contribution in [0.2, 0.25) is 0 Å². The van der Waals surface area contributed by atoms with E-state index >= 15 is 0 Å². The fraction of sp³-hybridized carbons (Fsp3) is 0.694. The number of likely N-dealkylation sites (tertiary alicyclic amines) is 1. The highest BCUT2D eigenvalue weighted by molar-refractivity contribution is 5.85. The quantitative estimate of drug-likeness (QED) is 0.288. The Morgan fingerprint density at radius 2 is 1.89 bits per heavy atom. The van der Waals surface area contributed by atoms with Crippen LogP contribution in [0.1, 0.15) is 92.4 Å². The van der Waals surface area contributed by atoms with E-state index in [0.29, 0.717) is 38.5 Å². The third-order valence-electron chi connectivity index (χ3n) is 11.0. The van der Waals surface area contributed by atoms with E-state index in [2.05, 4.69) is 56.9 Å². The molecular formula is C36H53N3O5. The lowest BCUT2D eigenvalue weighted by atomic mass is 9.73. The minimum absolute atomic E-state index is 0.0714.